The number of pyridine rings is 1. The lowest BCUT2D eigenvalue weighted by atomic mass is 10.0. The van der Waals surface area contributed by atoms with Crippen molar-refractivity contribution in [2.75, 3.05) is 31.3 Å². The van der Waals surface area contributed by atoms with E-state index in [-0.39, 0.29) is 4.90 Å². The van der Waals surface area contributed by atoms with Gasteiger partial charge in [-0.1, -0.05) is 0 Å². The number of hydrogen-bond donors (Lipinski definition) is 1. The van der Waals surface area contributed by atoms with E-state index in [0.29, 0.717) is 11.7 Å². The number of ether oxygens (including phenoxy) is 1. The zero-order valence-corrected chi connectivity index (χ0v) is 11.2. The van der Waals surface area contributed by atoms with Gasteiger partial charge >= 0.3 is 0 Å². The summed E-state index contributed by atoms with van der Waals surface area (Å²) in [7, 11) is -3.24. The number of sulfone groups is 1. The van der Waals surface area contributed by atoms with Crippen molar-refractivity contribution in [3.8, 4) is 0 Å². The second-order valence-corrected chi connectivity index (χ2v) is 6.54. The molecule has 1 aliphatic rings. The van der Waals surface area contributed by atoms with E-state index in [0.717, 1.165) is 32.6 Å². The molecule has 1 aromatic rings. The van der Waals surface area contributed by atoms with Crippen LogP contribution in [0, 0.1) is 5.92 Å². The van der Waals surface area contributed by atoms with E-state index >= 15 is 0 Å². The molecule has 1 saturated heterocycles. The van der Waals surface area contributed by atoms with E-state index in [4.69, 9.17) is 4.74 Å². The monoisotopic (exact) mass is 270 g/mol. The smallest absolute Gasteiger partial charge is 0.179 e. The Bertz CT molecular complexity index is 496. The number of aromatic nitrogens is 1. The fraction of sp³-hybridized carbons (Fsp3) is 0.583. The minimum Gasteiger partial charge on any atom is -0.381 e. The van der Waals surface area contributed by atoms with Crippen LogP contribution in [-0.4, -0.2) is 39.4 Å². The third-order valence-electron chi connectivity index (χ3n) is 3.07. The highest BCUT2D eigenvalue weighted by Crippen LogP contribution is 2.20. The van der Waals surface area contributed by atoms with Crippen LogP contribution in [0.15, 0.2) is 23.2 Å². The van der Waals surface area contributed by atoms with Gasteiger partial charge in [0, 0.05) is 32.2 Å². The van der Waals surface area contributed by atoms with Crippen LogP contribution in [0.25, 0.3) is 0 Å². The van der Waals surface area contributed by atoms with Crippen molar-refractivity contribution >= 4 is 15.7 Å². The minimum atomic E-state index is -3.24. The molecule has 0 bridgehead atoms. The van der Waals surface area contributed by atoms with Gasteiger partial charge in [0.25, 0.3) is 0 Å². The highest BCUT2D eigenvalue weighted by Gasteiger charge is 2.17. The second kappa shape index (κ2) is 5.67. The molecule has 6 heteroatoms. The lowest BCUT2D eigenvalue weighted by Crippen LogP contribution is -2.23. The zero-order valence-electron chi connectivity index (χ0n) is 10.4. The van der Waals surface area contributed by atoms with Crippen molar-refractivity contribution in [1.82, 2.24) is 4.98 Å². The first-order valence-electron chi connectivity index (χ1n) is 6.04. The number of nitrogens with one attached hydrogen (secondary N) is 1. The molecule has 1 N–H and O–H groups in total. The normalized spacial score (nSPS) is 17.6. The highest BCUT2D eigenvalue weighted by molar-refractivity contribution is 7.90. The van der Waals surface area contributed by atoms with E-state index in [9.17, 15) is 8.42 Å². The van der Waals surface area contributed by atoms with Gasteiger partial charge in [-0.15, -0.1) is 0 Å². The Morgan fingerprint density at radius 1 is 1.44 bits per heavy atom. The molecule has 100 valence electrons. The first-order valence-corrected chi connectivity index (χ1v) is 7.93. The molecule has 2 heterocycles. The number of rotatable bonds is 4. The van der Waals surface area contributed by atoms with Crippen LogP contribution in [0.3, 0.4) is 0 Å². The van der Waals surface area contributed by atoms with Gasteiger partial charge in [0.05, 0.1) is 0 Å². The summed E-state index contributed by atoms with van der Waals surface area (Å²) >= 11 is 0. The quantitative estimate of drug-likeness (QED) is 0.893. The number of anilines is 1. The standard InChI is InChI=1S/C12H18N2O3S/c1-18(15,16)11-3-2-6-13-12(11)14-9-10-4-7-17-8-5-10/h2-3,6,10H,4-5,7-9H2,1H3,(H,13,14). The fourth-order valence-electron chi connectivity index (χ4n) is 2.01. The molecule has 1 aliphatic heterocycles. The van der Waals surface area contributed by atoms with Crippen LogP contribution in [0.4, 0.5) is 5.82 Å². The summed E-state index contributed by atoms with van der Waals surface area (Å²) in [5.41, 5.74) is 0. The van der Waals surface area contributed by atoms with E-state index in [1.807, 2.05) is 0 Å². The molecular formula is C12H18N2O3S. The molecule has 18 heavy (non-hydrogen) atoms. The molecule has 1 aromatic heterocycles. The van der Waals surface area contributed by atoms with E-state index in [2.05, 4.69) is 10.3 Å². The van der Waals surface area contributed by atoms with Gasteiger partial charge in [-0.2, -0.15) is 0 Å². The minimum absolute atomic E-state index is 0.261. The third kappa shape index (κ3) is 3.43. The number of hydrogen-bond acceptors (Lipinski definition) is 5. The Kier molecular flexibility index (Phi) is 4.19. The fourth-order valence-corrected chi connectivity index (χ4v) is 2.82. The Morgan fingerprint density at radius 2 is 2.17 bits per heavy atom. The molecule has 0 aliphatic carbocycles. The molecule has 2 rings (SSSR count). The summed E-state index contributed by atoms with van der Waals surface area (Å²) in [5, 5.41) is 3.14. The van der Waals surface area contributed by atoms with Crippen molar-refractivity contribution in [2.45, 2.75) is 17.7 Å². The lowest BCUT2D eigenvalue weighted by Gasteiger charge is -2.22. The summed E-state index contributed by atoms with van der Waals surface area (Å²) in [4.78, 5) is 4.37. The summed E-state index contributed by atoms with van der Waals surface area (Å²) < 4.78 is 28.5. The van der Waals surface area contributed by atoms with Crippen molar-refractivity contribution < 1.29 is 13.2 Å². The maximum atomic E-state index is 11.6. The predicted molar refractivity (Wildman–Crippen MR) is 69.4 cm³/mol. The molecule has 0 amide bonds. The summed E-state index contributed by atoms with van der Waals surface area (Å²) in [6, 6.07) is 3.21. The van der Waals surface area contributed by atoms with Crippen LogP contribution in [0.5, 0.6) is 0 Å². The maximum Gasteiger partial charge on any atom is 0.179 e. The van der Waals surface area contributed by atoms with Gasteiger partial charge in [0.2, 0.25) is 0 Å². The summed E-state index contributed by atoms with van der Waals surface area (Å²) in [6.45, 7) is 2.31. The van der Waals surface area contributed by atoms with Gasteiger partial charge < -0.3 is 10.1 Å². The molecule has 0 aromatic carbocycles. The van der Waals surface area contributed by atoms with Crippen LogP contribution in [0.1, 0.15) is 12.8 Å². The summed E-state index contributed by atoms with van der Waals surface area (Å²) in [6.07, 6.45) is 4.81. The molecule has 0 unspecified atom stereocenters. The average Bonchev–Trinajstić information content (AvgIpc) is 2.37. The lowest BCUT2D eigenvalue weighted by molar-refractivity contribution is 0.0699. The second-order valence-electron chi connectivity index (χ2n) is 4.56. The molecular weight excluding hydrogens is 252 g/mol. The van der Waals surface area contributed by atoms with Gasteiger partial charge in [-0.3, -0.25) is 0 Å². The van der Waals surface area contributed by atoms with Crippen LogP contribution in [-0.2, 0) is 14.6 Å². The van der Waals surface area contributed by atoms with Gasteiger partial charge in [0.1, 0.15) is 10.7 Å². The summed E-state index contributed by atoms with van der Waals surface area (Å²) in [5.74, 6) is 0.972. The Labute approximate surface area is 107 Å². The first kappa shape index (κ1) is 13.3. The van der Waals surface area contributed by atoms with Crippen molar-refractivity contribution in [3.63, 3.8) is 0 Å². The largest absolute Gasteiger partial charge is 0.381 e. The van der Waals surface area contributed by atoms with E-state index < -0.39 is 9.84 Å². The maximum absolute atomic E-state index is 11.6. The molecule has 0 atom stereocenters. The zero-order chi connectivity index (χ0) is 13.0. The molecule has 0 spiro atoms. The van der Waals surface area contributed by atoms with Crippen LogP contribution in [0.2, 0.25) is 0 Å². The Morgan fingerprint density at radius 3 is 2.83 bits per heavy atom. The van der Waals surface area contributed by atoms with E-state index in [1.165, 1.54) is 6.26 Å². The third-order valence-corrected chi connectivity index (χ3v) is 4.20. The predicted octanol–water partition coefficient (Wildman–Crippen LogP) is 1.32. The molecule has 5 nitrogen and oxygen atoms in total. The molecule has 0 radical (unpaired) electrons. The highest BCUT2D eigenvalue weighted by atomic mass is 32.2. The molecule has 1 fully saturated rings. The number of nitrogens with zero attached hydrogens (tertiary/aromatic N) is 1. The average molecular weight is 270 g/mol. The first-order chi connectivity index (χ1) is 8.57. The van der Waals surface area contributed by atoms with Crippen molar-refractivity contribution in [2.24, 2.45) is 5.92 Å². The van der Waals surface area contributed by atoms with Crippen molar-refractivity contribution in [1.29, 1.82) is 0 Å². The van der Waals surface area contributed by atoms with Gasteiger partial charge in [-0.25, -0.2) is 13.4 Å². The Hall–Kier alpha value is -1.14. The topological polar surface area (TPSA) is 68.3 Å². The SMILES string of the molecule is CS(=O)(=O)c1cccnc1NCC1CCOCC1. The van der Waals surface area contributed by atoms with Crippen LogP contribution >= 0.6 is 0 Å². The van der Waals surface area contributed by atoms with Gasteiger partial charge in [-0.05, 0) is 30.9 Å². The molecule has 0 saturated carbocycles. The van der Waals surface area contributed by atoms with Gasteiger partial charge in [0.15, 0.2) is 9.84 Å². The Balaban J connectivity index is 2.05. The van der Waals surface area contributed by atoms with Crippen LogP contribution < -0.4 is 5.32 Å². The van der Waals surface area contributed by atoms with Crippen molar-refractivity contribution in [3.05, 3.63) is 18.3 Å². The van der Waals surface area contributed by atoms with E-state index in [1.54, 1.807) is 18.3 Å².